The molecule has 5 nitrogen and oxygen atoms in total. The van der Waals surface area contributed by atoms with Gasteiger partial charge < -0.3 is 10.2 Å². The molecule has 19 heavy (non-hydrogen) atoms. The van der Waals surface area contributed by atoms with E-state index in [0.29, 0.717) is 25.2 Å². The molecule has 0 aromatic rings. The zero-order valence-corrected chi connectivity index (χ0v) is 13.3. The number of sulfonamides is 1. The Morgan fingerprint density at radius 1 is 1.21 bits per heavy atom. The molecule has 0 atom stereocenters. The van der Waals surface area contributed by atoms with Crippen LogP contribution in [0.3, 0.4) is 0 Å². The lowest BCUT2D eigenvalue weighted by atomic mass is 10.2. The monoisotopic (exact) mass is 291 g/mol. The van der Waals surface area contributed by atoms with Crippen molar-refractivity contribution in [3.63, 3.8) is 0 Å². The number of unbranched alkanes of at least 4 members (excludes halogenated alkanes) is 1. The van der Waals surface area contributed by atoms with Gasteiger partial charge >= 0.3 is 0 Å². The van der Waals surface area contributed by atoms with Crippen LogP contribution < -0.4 is 10.0 Å². The predicted molar refractivity (Wildman–Crippen MR) is 79.8 cm³/mol. The number of hydrogen-bond donors (Lipinski definition) is 2. The Kier molecular flexibility index (Phi) is 7.28. The van der Waals surface area contributed by atoms with Crippen molar-refractivity contribution in [1.82, 2.24) is 14.9 Å². The Hall–Kier alpha value is -0.170. The lowest BCUT2D eigenvalue weighted by Crippen LogP contribution is -2.33. The smallest absolute Gasteiger partial charge is 0.212 e. The van der Waals surface area contributed by atoms with Gasteiger partial charge in [-0.3, -0.25) is 0 Å². The van der Waals surface area contributed by atoms with Gasteiger partial charge in [0.15, 0.2) is 0 Å². The molecule has 0 spiro atoms. The molecule has 0 saturated heterocycles. The van der Waals surface area contributed by atoms with E-state index in [-0.39, 0.29) is 5.75 Å². The second-order valence-electron chi connectivity index (χ2n) is 5.72. The fourth-order valence-electron chi connectivity index (χ4n) is 1.73. The van der Waals surface area contributed by atoms with E-state index in [9.17, 15) is 8.42 Å². The zero-order chi connectivity index (χ0) is 14.3. The van der Waals surface area contributed by atoms with Crippen LogP contribution in [0.4, 0.5) is 0 Å². The third-order valence-corrected chi connectivity index (χ3v) is 4.91. The van der Waals surface area contributed by atoms with Gasteiger partial charge in [-0.15, -0.1) is 0 Å². The first-order valence-electron chi connectivity index (χ1n) is 7.31. The second-order valence-corrected chi connectivity index (χ2v) is 7.65. The molecule has 1 saturated carbocycles. The number of nitrogens with one attached hydrogen (secondary N) is 2. The molecule has 0 bridgehead atoms. The van der Waals surface area contributed by atoms with Gasteiger partial charge in [0, 0.05) is 25.2 Å². The van der Waals surface area contributed by atoms with Crippen molar-refractivity contribution in [3.8, 4) is 0 Å². The normalized spacial score (nSPS) is 16.5. The van der Waals surface area contributed by atoms with E-state index in [0.717, 1.165) is 19.4 Å². The first-order valence-corrected chi connectivity index (χ1v) is 8.97. The van der Waals surface area contributed by atoms with E-state index in [1.165, 1.54) is 12.8 Å². The van der Waals surface area contributed by atoms with Gasteiger partial charge in [-0.25, -0.2) is 13.1 Å². The van der Waals surface area contributed by atoms with Crippen molar-refractivity contribution in [2.75, 3.05) is 32.4 Å². The lowest BCUT2D eigenvalue weighted by Gasteiger charge is -2.20. The highest BCUT2D eigenvalue weighted by Gasteiger charge is 2.20. The van der Waals surface area contributed by atoms with Crippen molar-refractivity contribution >= 4 is 10.0 Å². The van der Waals surface area contributed by atoms with Crippen LogP contribution in [0.1, 0.15) is 39.5 Å². The number of nitrogens with zero attached hydrogens (tertiary/aromatic N) is 1. The lowest BCUT2D eigenvalue weighted by molar-refractivity contribution is 0.268. The number of hydrogen-bond acceptors (Lipinski definition) is 4. The average molecular weight is 291 g/mol. The standard InChI is InChI=1S/C13H29N3O2S/c1-12(2)16(3)10-5-4-8-15-19(17,18)11-9-14-13-6-7-13/h12-15H,4-11H2,1-3H3. The molecule has 0 heterocycles. The fraction of sp³-hybridized carbons (Fsp3) is 1.00. The van der Waals surface area contributed by atoms with Crippen LogP contribution >= 0.6 is 0 Å². The van der Waals surface area contributed by atoms with Crippen molar-refractivity contribution in [2.45, 2.75) is 51.6 Å². The molecule has 0 amide bonds. The van der Waals surface area contributed by atoms with Crippen molar-refractivity contribution in [3.05, 3.63) is 0 Å². The van der Waals surface area contributed by atoms with Gasteiger partial charge in [0.2, 0.25) is 10.0 Å². The summed E-state index contributed by atoms with van der Waals surface area (Å²) in [7, 11) is -0.997. The van der Waals surface area contributed by atoms with Crippen molar-refractivity contribution in [1.29, 1.82) is 0 Å². The third-order valence-electron chi connectivity index (χ3n) is 3.52. The maximum atomic E-state index is 11.7. The summed E-state index contributed by atoms with van der Waals surface area (Å²) in [5.74, 6) is 0.190. The molecule has 1 fully saturated rings. The molecular formula is C13H29N3O2S. The van der Waals surface area contributed by atoms with Gasteiger partial charge in [0.05, 0.1) is 5.75 Å². The summed E-state index contributed by atoms with van der Waals surface area (Å²) >= 11 is 0. The molecule has 6 heteroatoms. The van der Waals surface area contributed by atoms with E-state index >= 15 is 0 Å². The quantitative estimate of drug-likeness (QED) is 0.552. The minimum absolute atomic E-state index is 0.190. The Labute approximate surface area is 118 Å². The minimum Gasteiger partial charge on any atom is -0.313 e. The maximum Gasteiger partial charge on any atom is 0.212 e. The average Bonchev–Trinajstić information content (AvgIpc) is 3.11. The highest BCUT2D eigenvalue weighted by Crippen LogP contribution is 2.17. The maximum absolute atomic E-state index is 11.7. The highest BCUT2D eigenvalue weighted by molar-refractivity contribution is 7.89. The Bertz CT molecular complexity index is 340. The molecule has 0 aromatic carbocycles. The molecule has 1 aliphatic carbocycles. The summed E-state index contributed by atoms with van der Waals surface area (Å²) in [5.41, 5.74) is 0. The van der Waals surface area contributed by atoms with E-state index in [1.54, 1.807) is 0 Å². The summed E-state index contributed by atoms with van der Waals surface area (Å²) in [6.45, 7) is 6.46. The molecule has 2 N–H and O–H groups in total. The fourth-order valence-corrected chi connectivity index (χ4v) is 2.72. The minimum atomic E-state index is -3.09. The van der Waals surface area contributed by atoms with Crippen LogP contribution in [-0.4, -0.2) is 57.8 Å². The van der Waals surface area contributed by atoms with Gasteiger partial charge in [-0.1, -0.05) is 0 Å². The Morgan fingerprint density at radius 3 is 2.47 bits per heavy atom. The molecule has 1 rings (SSSR count). The predicted octanol–water partition coefficient (Wildman–Crippen LogP) is 0.778. The third kappa shape index (κ3) is 8.57. The van der Waals surface area contributed by atoms with E-state index in [4.69, 9.17) is 0 Å². The van der Waals surface area contributed by atoms with Crippen molar-refractivity contribution < 1.29 is 8.42 Å². The van der Waals surface area contributed by atoms with Crippen LogP contribution in [0.15, 0.2) is 0 Å². The van der Waals surface area contributed by atoms with Crippen LogP contribution in [0, 0.1) is 0 Å². The van der Waals surface area contributed by atoms with E-state index in [2.05, 4.69) is 35.8 Å². The van der Waals surface area contributed by atoms with E-state index in [1.807, 2.05) is 0 Å². The van der Waals surface area contributed by atoms with Gasteiger partial charge in [0.25, 0.3) is 0 Å². The summed E-state index contributed by atoms with van der Waals surface area (Å²) < 4.78 is 26.0. The molecule has 1 aliphatic rings. The first kappa shape index (κ1) is 16.9. The summed E-state index contributed by atoms with van der Waals surface area (Å²) in [4.78, 5) is 2.27. The number of rotatable bonds is 11. The summed E-state index contributed by atoms with van der Waals surface area (Å²) in [5, 5.41) is 3.22. The molecule has 0 aliphatic heterocycles. The Morgan fingerprint density at radius 2 is 1.89 bits per heavy atom. The van der Waals surface area contributed by atoms with E-state index < -0.39 is 10.0 Å². The molecule has 0 unspecified atom stereocenters. The van der Waals surface area contributed by atoms with Crippen LogP contribution in [0.5, 0.6) is 0 Å². The summed E-state index contributed by atoms with van der Waals surface area (Å²) in [6.07, 6.45) is 4.30. The van der Waals surface area contributed by atoms with Gasteiger partial charge in [-0.05, 0) is 53.1 Å². The van der Waals surface area contributed by atoms with Gasteiger partial charge in [0.1, 0.15) is 0 Å². The second kappa shape index (κ2) is 8.19. The first-order chi connectivity index (χ1) is 8.91. The Balaban J connectivity index is 2.00. The molecule has 0 radical (unpaired) electrons. The topological polar surface area (TPSA) is 61.4 Å². The zero-order valence-electron chi connectivity index (χ0n) is 12.5. The van der Waals surface area contributed by atoms with Crippen LogP contribution in [0.25, 0.3) is 0 Å². The van der Waals surface area contributed by atoms with Crippen LogP contribution in [-0.2, 0) is 10.0 Å². The molecule has 0 aromatic heterocycles. The summed E-state index contributed by atoms with van der Waals surface area (Å²) in [6, 6.07) is 1.12. The molecular weight excluding hydrogens is 262 g/mol. The van der Waals surface area contributed by atoms with Crippen molar-refractivity contribution in [2.24, 2.45) is 0 Å². The molecule has 114 valence electrons. The largest absolute Gasteiger partial charge is 0.313 e. The van der Waals surface area contributed by atoms with Gasteiger partial charge in [-0.2, -0.15) is 0 Å². The van der Waals surface area contributed by atoms with Crippen LogP contribution in [0.2, 0.25) is 0 Å². The highest BCUT2D eigenvalue weighted by atomic mass is 32.2. The SMILES string of the molecule is CC(C)N(C)CCCCNS(=O)(=O)CCNC1CC1.